The van der Waals surface area contributed by atoms with Crippen molar-refractivity contribution in [2.75, 3.05) is 29.9 Å². The van der Waals surface area contributed by atoms with Gasteiger partial charge in [-0.2, -0.15) is 0 Å². The Bertz CT molecular complexity index is 1860. The molecule has 0 saturated carbocycles. The molecular formula is C33H40N7O4S+. The van der Waals surface area contributed by atoms with E-state index in [9.17, 15) is 13.2 Å². The average Bonchev–Trinajstić information content (AvgIpc) is 3.64. The summed E-state index contributed by atoms with van der Waals surface area (Å²) in [6.45, 7) is 10.9. The van der Waals surface area contributed by atoms with Crippen LogP contribution in [-0.2, 0) is 15.4 Å². The number of carbonyl (C=O) groups excluding carboxylic acids is 1. The van der Waals surface area contributed by atoms with Gasteiger partial charge in [0.1, 0.15) is 11.9 Å². The topological polar surface area (TPSA) is 132 Å². The number of sulfonamides is 1. The highest BCUT2D eigenvalue weighted by atomic mass is 32.2. The highest BCUT2D eigenvalue weighted by Gasteiger charge is 2.31. The van der Waals surface area contributed by atoms with E-state index in [2.05, 4.69) is 49.6 Å². The second-order valence-electron chi connectivity index (χ2n) is 12.1. The van der Waals surface area contributed by atoms with Crippen molar-refractivity contribution < 1.29 is 22.6 Å². The van der Waals surface area contributed by atoms with Crippen LogP contribution in [0, 0.1) is 6.92 Å². The molecule has 4 N–H and O–H groups in total. The quantitative estimate of drug-likeness (QED) is 0.195. The fourth-order valence-electron chi connectivity index (χ4n) is 5.34. The molecular weight excluding hydrogens is 590 g/mol. The fraction of sp³-hybridized carbons (Fsp3) is 0.303. The first-order valence-corrected chi connectivity index (χ1v) is 16.6. The largest absolute Gasteiger partial charge is 0.492 e. The van der Waals surface area contributed by atoms with Gasteiger partial charge in [-0.25, -0.2) is 8.42 Å². The minimum absolute atomic E-state index is 0.00652. The highest BCUT2D eigenvalue weighted by Crippen LogP contribution is 2.39. The van der Waals surface area contributed by atoms with Crippen LogP contribution in [0.25, 0.3) is 11.4 Å². The third-order valence-electron chi connectivity index (χ3n) is 7.68. The number of nitrogens with one attached hydrogen (secondary N) is 4. The van der Waals surface area contributed by atoms with E-state index in [1.165, 1.54) is 7.11 Å². The van der Waals surface area contributed by atoms with Crippen molar-refractivity contribution in [1.29, 1.82) is 0 Å². The van der Waals surface area contributed by atoms with E-state index in [4.69, 9.17) is 4.74 Å². The van der Waals surface area contributed by atoms with E-state index in [0.29, 0.717) is 11.3 Å². The van der Waals surface area contributed by atoms with Crippen LogP contribution in [0.4, 0.5) is 11.4 Å². The van der Waals surface area contributed by atoms with Gasteiger partial charge >= 0.3 is 0 Å². The number of aromatic amines is 1. The number of aromatic nitrogens is 3. The third-order valence-corrected chi connectivity index (χ3v) is 8.27. The maximum absolute atomic E-state index is 13.6. The number of methoxy groups -OCH3 is 1. The molecule has 0 saturated heterocycles. The summed E-state index contributed by atoms with van der Waals surface area (Å²) in [5, 5.41) is 14.1. The Labute approximate surface area is 264 Å². The summed E-state index contributed by atoms with van der Waals surface area (Å²) in [6, 6.07) is 19.2. The normalized spacial score (nSPS) is 15.0. The van der Waals surface area contributed by atoms with Crippen LogP contribution in [0.5, 0.6) is 5.75 Å². The van der Waals surface area contributed by atoms with E-state index in [0.717, 1.165) is 46.6 Å². The lowest BCUT2D eigenvalue weighted by atomic mass is 9.86. The SMILES string of the molecule is CCN1C(c2c[n+](-c3cc(C(=O)Nc4cc(C(C)(C)C)cc(NS(C)(=O)=O)c4OC)ccc3C)[nH]n2)=CNC1c1ccccc1. The second-order valence-corrected chi connectivity index (χ2v) is 13.8. The molecule has 0 fully saturated rings. The molecule has 0 bridgehead atoms. The molecule has 0 spiro atoms. The van der Waals surface area contributed by atoms with Gasteiger partial charge in [0.15, 0.2) is 17.6 Å². The van der Waals surface area contributed by atoms with E-state index >= 15 is 0 Å². The van der Waals surface area contributed by atoms with Gasteiger partial charge in [0, 0.05) is 29.5 Å². The van der Waals surface area contributed by atoms with Crippen LogP contribution in [0.3, 0.4) is 0 Å². The van der Waals surface area contributed by atoms with Gasteiger partial charge in [-0.3, -0.25) is 9.52 Å². The number of rotatable bonds is 9. The summed E-state index contributed by atoms with van der Waals surface area (Å²) in [5.74, 6) is -0.161. The molecule has 12 heteroatoms. The molecule has 1 aliphatic heterocycles. The van der Waals surface area contributed by atoms with Crippen molar-refractivity contribution in [1.82, 2.24) is 20.5 Å². The maximum atomic E-state index is 13.6. The van der Waals surface area contributed by atoms with Gasteiger partial charge in [0.2, 0.25) is 10.0 Å². The molecule has 1 aliphatic rings. The lowest BCUT2D eigenvalue weighted by molar-refractivity contribution is -0.659. The maximum Gasteiger partial charge on any atom is 0.266 e. The number of ether oxygens (including phenoxy) is 1. The van der Waals surface area contributed by atoms with Crippen molar-refractivity contribution in [3.05, 3.63) is 101 Å². The lowest BCUT2D eigenvalue weighted by Crippen LogP contribution is -2.33. The van der Waals surface area contributed by atoms with Crippen LogP contribution < -0.4 is 24.8 Å². The van der Waals surface area contributed by atoms with Gasteiger partial charge in [0.25, 0.3) is 11.6 Å². The van der Waals surface area contributed by atoms with Crippen molar-refractivity contribution in [3.8, 4) is 11.4 Å². The molecule has 1 unspecified atom stereocenters. The van der Waals surface area contributed by atoms with Crippen LogP contribution >= 0.6 is 0 Å². The number of anilines is 2. The van der Waals surface area contributed by atoms with Gasteiger partial charge in [0.05, 0.1) is 24.7 Å². The predicted molar refractivity (Wildman–Crippen MR) is 176 cm³/mol. The van der Waals surface area contributed by atoms with Gasteiger partial charge in [-0.05, 0) is 54.2 Å². The number of hydrogen-bond acceptors (Lipinski definition) is 7. The summed E-state index contributed by atoms with van der Waals surface area (Å²) < 4.78 is 34.1. The first kappa shape index (κ1) is 31.6. The van der Waals surface area contributed by atoms with E-state index in [-0.39, 0.29) is 28.9 Å². The smallest absolute Gasteiger partial charge is 0.266 e. The molecule has 11 nitrogen and oxygen atoms in total. The van der Waals surface area contributed by atoms with E-state index < -0.39 is 10.0 Å². The van der Waals surface area contributed by atoms with Crippen LogP contribution in [0.1, 0.15) is 66.6 Å². The van der Waals surface area contributed by atoms with Crippen LogP contribution in [-0.4, -0.2) is 49.4 Å². The zero-order valence-electron chi connectivity index (χ0n) is 26.6. The minimum atomic E-state index is -3.60. The lowest BCUT2D eigenvalue weighted by Gasteiger charge is -2.26. The molecule has 236 valence electrons. The van der Waals surface area contributed by atoms with Crippen LogP contribution in [0.15, 0.2) is 73.1 Å². The number of H-pyrrole nitrogens is 1. The molecule has 3 aromatic carbocycles. The number of aryl methyl sites for hydroxylation is 1. The summed E-state index contributed by atoms with van der Waals surface area (Å²) in [7, 11) is -2.17. The Kier molecular flexibility index (Phi) is 8.61. The Morgan fingerprint density at radius 2 is 1.80 bits per heavy atom. The molecule has 2 heterocycles. The zero-order chi connectivity index (χ0) is 32.5. The second kappa shape index (κ2) is 12.3. The predicted octanol–water partition coefficient (Wildman–Crippen LogP) is 4.85. The number of hydrogen-bond donors (Lipinski definition) is 4. The van der Waals surface area contributed by atoms with Gasteiger partial charge < -0.3 is 20.3 Å². The molecule has 4 aromatic rings. The molecule has 0 radical (unpaired) electrons. The molecule has 0 aliphatic carbocycles. The average molecular weight is 631 g/mol. The van der Waals surface area contributed by atoms with Crippen molar-refractivity contribution in [2.45, 2.75) is 46.2 Å². The summed E-state index contributed by atoms with van der Waals surface area (Å²) in [4.78, 5) is 15.9. The minimum Gasteiger partial charge on any atom is -0.492 e. The Balaban J connectivity index is 1.44. The molecule has 5 rings (SSSR count). The standard InChI is InChI=1S/C33H39N7O4S/c1-8-39-29(19-34-31(39)22-12-10-9-11-13-22)27-20-40(38-36-27)28-16-23(15-14-21(28)2)32(41)35-25-17-24(33(3,4)5)18-26(30(25)44-6)37-45(7,42)43/h9-20,31,34,37H,8H2,1-7H3,(H,35,41)/p+1. The van der Waals surface area contributed by atoms with E-state index in [1.54, 1.807) is 28.9 Å². The zero-order valence-corrected chi connectivity index (χ0v) is 27.4. The Morgan fingerprint density at radius 1 is 1.09 bits per heavy atom. The first-order valence-electron chi connectivity index (χ1n) is 14.7. The highest BCUT2D eigenvalue weighted by molar-refractivity contribution is 7.92. The van der Waals surface area contributed by atoms with Crippen molar-refractivity contribution in [2.24, 2.45) is 0 Å². The van der Waals surface area contributed by atoms with Gasteiger partial charge in [-0.1, -0.05) is 62.4 Å². The monoisotopic (exact) mass is 630 g/mol. The number of carbonyl (C=O) groups is 1. The number of benzene rings is 3. The Hall–Kier alpha value is -4.84. The molecule has 45 heavy (non-hydrogen) atoms. The number of amides is 1. The summed E-state index contributed by atoms with van der Waals surface area (Å²) in [6.07, 6.45) is 4.96. The van der Waals surface area contributed by atoms with Crippen molar-refractivity contribution in [3.63, 3.8) is 0 Å². The summed E-state index contributed by atoms with van der Waals surface area (Å²) >= 11 is 0. The van der Waals surface area contributed by atoms with Crippen LogP contribution in [0.2, 0.25) is 0 Å². The molecule has 1 amide bonds. The molecule has 1 aromatic heterocycles. The summed E-state index contributed by atoms with van der Waals surface area (Å²) in [5.41, 5.74) is 6.06. The Morgan fingerprint density at radius 3 is 2.44 bits per heavy atom. The number of nitrogens with zero attached hydrogens (tertiary/aromatic N) is 3. The fourth-order valence-corrected chi connectivity index (χ4v) is 5.90. The van der Waals surface area contributed by atoms with E-state index in [1.807, 2.05) is 64.4 Å². The van der Waals surface area contributed by atoms with Gasteiger partial charge in [-0.15, -0.1) is 4.68 Å². The molecule has 1 atom stereocenters. The third kappa shape index (κ3) is 6.80. The van der Waals surface area contributed by atoms with Crippen molar-refractivity contribution >= 4 is 33.0 Å². The first-order chi connectivity index (χ1) is 21.3.